The molecule has 2 rings (SSSR count). The van der Waals surface area contributed by atoms with Crippen LogP contribution in [0.2, 0.25) is 0 Å². The Bertz CT molecular complexity index is 714. The van der Waals surface area contributed by atoms with Gasteiger partial charge in [0.15, 0.2) is 0 Å². The topological polar surface area (TPSA) is 72.2 Å². The van der Waals surface area contributed by atoms with E-state index in [4.69, 9.17) is 0 Å². The van der Waals surface area contributed by atoms with Gasteiger partial charge in [0.2, 0.25) is 5.91 Å². The molecular formula is C19H22N2O3S. The van der Waals surface area contributed by atoms with Gasteiger partial charge in [-0.2, -0.15) is 0 Å². The molecule has 1 amide bonds. The Kier molecular flexibility index (Phi) is 7.01. The summed E-state index contributed by atoms with van der Waals surface area (Å²) in [6.07, 6.45) is 3.17. The summed E-state index contributed by atoms with van der Waals surface area (Å²) in [5.74, 6) is 0.190. The number of carbonyl (C=O) groups is 1. The smallest absolute Gasteiger partial charge is 0.269 e. The first-order chi connectivity index (χ1) is 12.0. The Hall–Kier alpha value is -2.34. The molecule has 0 aromatic heterocycles. The SMILES string of the molecule is CSc1ccc(CNC(=O)CCC(C)c2ccc([N+](=O)[O-])cc2)cc1. The van der Waals surface area contributed by atoms with E-state index in [1.807, 2.05) is 37.4 Å². The lowest BCUT2D eigenvalue weighted by molar-refractivity contribution is -0.384. The number of nitro groups is 1. The summed E-state index contributed by atoms with van der Waals surface area (Å²) >= 11 is 1.69. The van der Waals surface area contributed by atoms with Crippen LogP contribution in [-0.4, -0.2) is 17.1 Å². The van der Waals surface area contributed by atoms with Gasteiger partial charge in [-0.15, -0.1) is 11.8 Å². The molecule has 0 aliphatic carbocycles. The predicted molar refractivity (Wildman–Crippen MR) is 101 cm³/mol. The van der Waals surface area contributed by atoms with Crippen molar-refractivity contribution in [3.8, 4) is 0 Å². The molecule has 1 unspecified atom stereocenters. The zero-order valence-electron chi connectivity index (χ0n) is 14.4. The van der Waals surface area contributed by atoms with Crippen LogP contribution in [0.15, 0.2) is 53.4 Å². The summed E-state index contributed by atoms with van der Waals surface area (Å²) in [7, 11) is 0. The van der Waals surface area contributed by atoms with Crippen LogP contribution < -0.4 is 5.32 Å². The maximum Gasteiger partial charge on any atom is 0.269 e. The second-order valence-electron chi connectivity index (χ2n) is 5.91. The fourth-order valence-corrected chi connectivity index (χ4v) is 2.88. The number of nitro benzene ring substituents is 1. The Morgan fingerprint density at radius 2 is 1.80 bits per heavy atom. The monoisotopic (exact) mass is 358 g/mol. The fraction of sp³-hybridized carbons (Fsp3) is 0.316. The van der Waals surface area contributed by atoms with Crippen LogP contribution in [0.1, 0.15) is 36.8 Å². The number of benzene rings is 2. The van der Waals surface area contributed by atoms with E-state index in [0.29, 0.717) is 19.4 Å². The van der Waals surface area contributed by atoms with E-state index in [1.165, 1.54) is 17.0 Å². The Balaban J connectivity index is 1.77. The van der Waals surface area contributed by atoms with E-state index >= 15 is 0 Å². The van der Waals surface area contributed by atoms with E-state index in [2.05, 4.69) is 5.32 Å². The number of nitrogens with one attached hydrogen (secondary N) is 1. The van der Waals surface area contributed by atoms with Crippen LogP contribution >= 0.6 is 11.8 Å². The van der Waals surface area contributed by atoms with Crippen molar-refractivity contribution in [1.82, 2.24) is 5.32 Å². The quantitative estimate of drug-likeness (QED) is 0.428. The highest BCUT2D eigenvalue weighted by atomic mass is 32.2. The number of nitrogens with zero attached hydrogens (tertiary/aromatic N) is 1. The molecule has 132 valence electrons. The van der Waals surface area contributed by atoms with Gasteiger partial charge in [0.1, 0.15) is 0 Å². The molecule has 0 fully saturated rings. The molecule has 1 atom stereocenters. The zero-order chi connectivity index (χ0) is 18.2. The van der Waals surface area contributed by atoms with Gasteiger partial charge in [-0.05, 0) is 41.9 Å². The predicted octanol–water partition coefficient (Wildman–Crippen LogP) is 4.52. The van der Waals surface area contributed by atoms with E-state index in [-0.39, 0.29) is 17.5 Å². The van der Waals surface area contributed by atoms with Crippen molar-refractivity contribution in [2.45, 2.75) is 37.1 Å². The van der Waals surface area contributed by atoms with Crippen molar-refractivity contribution < 1.29 is 9.72 Å². The average molecular weight is 358 g/mol. The maximum atomic E-state index is 12.0. The first-order valence-electron chi connectivity index (χ1n) is 8.13. The van der Waals surface area contributed by atoms with E-state index < -0.39 is 4.92 Å². The first-order valence-corrected chi connectivity index (χ1v) is 9.36. The van der Waals surface area contributed by atoms with Crippen LogP contribution in [0.5, 0.6) is 0 Å². The molecule has 1 N–H and O–H groups in total. The summed E-state index contributed by atoms with van der Waals surface area (Å²) in [6.45, 7) is 2.55. The van der Waals surface area contributed by atoms with Gasteiger partial charge in [0.05, 0.1) is 4.92 Å². The third kappa shape index (κ3) is 5.90. The van der Waals surface area contributed by atoms with Gasteiger partial charge in [0.25, 0.3) is 5.69 Å². The largest absolute Gasteiger partial charge is 0.352 e. The number of rotatable bonds is 8. The summed E-state index contributed by atoms with van der Waals surface area (Å²) in [6, 6.07) is 14.7. The molecule has 0 radical (unpaired) electrons. The fourth-order valence-electron chi connectivity index (χ4n) is 2.47. The number of hydrogen-bond donors (Lipinski definition) is 1. The van der Waals surface area contributed by atoms with Gasteiger partial charge in [-0.1, -0.05) is 31.2 Å². The Labute approximate surface area is 152 Å². The van der Waals surface area contributed by atoms with E-state index in [0.717, 1.165) is 11.1 Å². The minimum absolute atomic E-state index is 0.0164. The summed E-state index contributed by atoms with van der Waals surface area (Å²) in [5.41, 5.74) is 2.17. The molecule has 25 heavy (non-hydrogen) atoms. The molecule has 0 spiro atoms. The van der Waals surface area contributed by atoms with Crippen molar-refractivity contribution in [3.63, 3.8) is 0 Å². The molecular weight excluding hydrogens is 336 g/mol. The van der Waals surface area contributed by atoms with Crippen LogP contribution in [-0.2, 0) is 11.3 Å². The lowest BCUT2D eigenvalue weighted by Crippen LogP contribution is -2.22. The number of amides is 1. The zero-order valence-corrected chi connectivity index (χ0v) is 15.2. The minimum atomic E-state index is -0.409. The Morgan fingerprint density at radius 3 is 2.36 bits per heavy atom. The summed E-state index contributed by atoms with van der Waals surface area (Å²) in [5, 5.41) is 13.6. The first kappa shape index (κ1) is 19.0. The number of carbonyl (C=O) groups excluding carboxylic acids is 1. The molecule has 0 aliphatic rings. The van der Waals surface area contributed by atoms with E-state index in [1.54, 1.807) is 23.9 Å². The van der Waals surface area contributed by atoms with Crippen molar-refractivity contribution in [2.24, 2.45) is 0 Å². The molecule has 2 aromatic rings. The molecule has 0 saturated heterocycles. The molecule has 0 bridgehead atoms. The van der Waals surface area contributed by atoms with Crippen molar-refractivity contribution in [3.05, 3.63) is 69.8 Å². The minimum Gasteiger partial charge on any atom is -0.352 e. The van der Waals surface area contributed by atoms with Crippen LogP contribution in [0.3, 0.4) is 0 Å². The number of non-ortho nitro benzene ring substituents is 1. The van der Waals surface area contributed by atoms with Gasteiger partial charge >= 0.3 is 0 Å². The normalized spacial score (nSPS) is 11.8. The second-order valence-corrected chi connectivity index (χ2v) is 6.79. The van der Waals surface area contributed by atoms with Crippen molar-refractivity contribution >= 4 is 23.4 Å². The van der Waals surface area contributed by atoms with Crippen LogP contribution in [0.4, 0.5) is 5.69 Å². The Morgan fingerprint density at radius 1 is 1.16 bits per heavy atom. The highest BCUT2D eigenvalue weighted by Crippen LogP contribution is 2.23. The van der Waals surface area contributed by atoms with E-state index in [9.17, 15) is 14.9 Å². The van der Waals surface area contributed by atoms with Crippen LogP contribution in [0, 0.1) is 10.1 Å². The molecule has 5 nitrogen and oxygen atoms in total. The molecule has 6 heteroatoms. The summed E-state index contributed by atoms with van der Waals surface area (Å²) in [4.78, 5) is 23.5. The third-order valence-corrected chi connectivity index (χ3v) is 4.87. The highest BCUT2D eigenvalue weighted by Gasteiger charge is 2.11. The molecule has 2 aromatic carbocycles. The maximum absolute atomic E-state index is 12.0. The number of hydrogen-bond acceptors (Lipinski definition) is 4. The second kappa shape index (κ2) is 9.22. The molecule has 0 saturated carbocycles. The standard InChI is InChI=1S/C19H22N2O3S/c1-14(16-6-8-17(9-7-16)21(23)24)3-12-19(22)20-13-15-4-10-18(25-2)11-5-15/h4-11,14H,3,12-13H2,1-2H3,(H,20,22). The lowest BCUT2D eigenvalue weighted by atomic mass is 9.96. The van der Waals surface area contributed by atoms with Crippen molar-refractivity contribution in [1.29, 1.82) is 0 Å². The summed E-state index contributed by atoms with van der Waals surface area (Å²) < 4.78 is 0. The molecule has 0 heterocycles. The van der Waals surface area contributed by atoms with Gasteiger partial charge in [-0.3, -0.25) is 14.9 Å². The van der Waals surface area contributed by atoms with Gasteiger partial charge < -0.3 is 5.32 Å². The third-order valence-electron chi connectivity index (χ3n) is 4.13. The highest BCUT2D eigenvalue weighted by molar-refractivity contribution is 7.98. The van der Waals surface area contributed by atoms with Crippen molar-refractivity contribution in [2.75, 3.05) is 6.26 Å². The lowest BCUT2D eigenvalue weighted by Gasteiger charge is -2.12. The number of thioether (sulfide) groups is 1. The average Bonchev–Trinajstić information content (AvgIpc) is 2.64. The molecule has 0 aliphatic heterocycles. The van der Waals surface area contributed by atoms with Gasteiger partial charge in [-0.25, -0.2) is 0 Å². The van der Waals surface area contributed by atoms with Gasteiger partial charge in [0, 0.05) is 30.0 Å². The van der Waals surface area contributed by atoms with Crippen LogP contribution in [0.25, 0.3) is 0 Å².